The van der Waals surface area contributed by atoms with E-state index in [-0.39, 0.29) is 36.6 Å². The Balaban J connectivity index is 1.05. The molecule has 52 heavy (non-hydrogen) atoms. The Morgan fingerprint density at radius 3 is 2.29 bits per heavy atom. The maximum Gasteiger partial charge on any atom is 0.433 e. The number of nitrogens with two attached hydrogens (primary N) is 1. The van der Waals surface area contributed by atoms with Crippen LogP contribution in [-0.2, 0) is 6.18 Å². The molecule has 2 aromatic carbocycles. The number of benzene rings is 2. The van der Waals surface area contributed by atoms with Crippen LogP contribution in [0.1, 0.15) is 33.1 Å². The molecule has 1 atom stereocenters. The van der Waals surface area contributed by atoms with Crippen LogP contribution >= 0.6 is 0 Å². The van der Waals surface area contributed by atoms with Gasteiger partial charge in [-0.15, -0.1) is 0 Å². The number of alkyl halides is 5. The number of halogens is 6. The van der Waals surface area contributed by atoms with E-state index in [1.54, 1.807) is 24.3 Å². The molecule has 2 amide bonds. The van der Waals surface area contributed by atoms with Crippen LogP contribution < -0.4 is 20.9 Å². The van der Waals surface area contributed by atoms with Crippen LogP contribution in [0.25, 0.3) is 5.69 Å². The summed E-state index contributed by atoms with van der Waals surface area (Å²) in [5.41, 5.74) is 3.96. The molecule has 1 unspecified atom stereocenters. The number of carbonyl (C=O) groups excluding carboxylic acids is 2. The average Bonchev–Trinajstić information content (AvgIpc) is 3.53. The second kappa shape index (κ2) is 14.1. The number of rotatable bonds is 9. The van der Waals surface area contributed by atoms with Crippen molar-refractivity contribution >= 4 is 34.6 Å². The normalized spacial score (nSPS) is 17.9. The van der Waals surface area contributed by atoms with Gasteiger partial charge < -0.3 is 20.9 Å². The molecule has 2 aromatic heterocycles. The molecule has 0 spiro atoms. The van der Waals surface area contributed by atoms with E-state index >= 15 is 8.78 Å². The number of hydrogen-bond acceptors (Lipinski definition) is 9. The van der Waals surface area contributed by atoms with E-state index in [9.17, 15) is 37.3 Å². The zero-order chi connectivity index (χ0) is 37.4. The van der Waals surface area contributed by atoms with Gasteiger partial charge in [0.25, 0.3) is 23.4 Å². The standard InChI is InChI=1S/C33H31F6N9O4/c34-24-16-23(48(51)52)8-9-27(24)46-11-10-20(32(35,36)19-46)17-44-12-14-45(15-13-44)21-4-6-22(7-5-21)47-18-26(29(43-47)30(40)49)42-31(50)25-2-1-3-28(41-25)33(37,38)39/h1-9,16,18,20H,10-15,17,19H2,(H2,40,49)(H,42,50). The number of anilines is 3. The van der Waals surface area contributed by atoms with Crippen molar-refractivity contribution in [2.24, 2.45) is 11.7 Å². The highest BCUT2D eigenvalue weighted by atomic mass is 19.4. The van der Waals surface area contributed by atoms with Crippen LogP contribution in [0.2, 0.25) is 0 Å². The molecule has 3 N–H and O–H groups in total. The molecule has 274 valence electrons. The van der Waals surface area contributed by atoms with Gasteiger partial charge in [0.15, 0.2) is 11.5 Å². The van der Waals surface area contributed by atoms with E-state index in [2.05, 4.69) is 20.3 Å². The highest BCUT2D eigenvalue weighted by molar-refractivity contribution is 6.07. The van der Waals surface area contributed by atoms with E-state index in [0.717, 1.165) is 42.1 Å². The number of pyridine rings is 1. The van der Waals surface area contributed by atoms with Crippen LogP contribution in [0.3, 0.4) is 0 Å². The quantitative estimate of drug-likeness (QED) is 0.138. The number of carbonyl (C=O) groups is 2. The first kappa shape index (κ1) is 36.1. The largest absolute Gasteiger partial charge is 0.433 e. The first-order chi connectivity index (χ1) is 24.6. The zero-order valence-corrected chi connectivity index (χ0v) is 27.2. The van der Waals surface area contributed by atoms with Gasteiger partial charge in [0.05, 0.1) is 40.8 Å². The van der Waals surface area contributed by atoms with Crippen LogP contribution in [0.15, 0.2) is 66.9 Å². The molecule has 2 aliphatic rings. The molecule has 4 heterocycles. The van der Waals surface area contributed by atoms with E-state index in [0.29, 0.717) is 31.9 Å². The number of nitrogens with one attached hydrogen (secondary N) is 1. The summed E-state index contributed by atoms with van der Waals surface area (Å²) in [5, 5.41) is 17.4. The topological polar surface area (TPSA) is 156 Å². The summed E-state index contributed by atoms with van der Waals surface area (Å²) in [6.45, 7) is 1.76. The first-order valence-corrected chi connectivity index (χ1v) is 16.0. The molecule has 0 radical (unpaired) electrons. The summed E-state index contributed by atoms with van der Waals surface area (Å²) in [4.78, 5) is 43.5. The number of aromatic nitrogens is 3. The summed E-state index contributed by atoms with van der Waals surface area (Å²) in [6.07, 6.45) is -3.36. The van der Waals surface area contributed by atoms with Crippen molar-refractivity contribution in [3.8, 4) is 5.69 Å². The SMILES string of the molecule is NC(=O)c1nn(-c2ccc(N3CCN(CC4CCN(c5ccc([N+](=O)[O-])cc5F)CC4(F)F)CC3)cc2)cc1NC(=O)c1cccc(C(F)(F)F)n1. The Morgan fingerprint density at radius 1 is 0.981 bits per heavy atom. The number of non-ortho nitro benzene ring substituents is 1. The van der Waals surface area contributed by atoms with Crippen LogP contribution in [-0.4, -0.2) is 88.1 Å². The van der Waals surface area contributed by atoms with Gasteiger partial charge in [0, 0.05) is 56.9 Å². The van der Waals surface area contributed by atoms with Crippen molar-refractivity contribution in [2.75, 3.05) is 60.9 Å². The summed E-state index contributed by atoms with van der Waals surface area (Å²) >= 11 is 0. The molecule has 0 aliphatic carbocycles. The lowest BCUT2D eigenvalue weighted by molar-refractivity contribution is -0.385. The third kappa shape index (κ3) is 7.78. The molecule has 0 bridgehead atoms. The molecular weight excluding hydrogens is 700 g/mol. The Morgan fingerprint density at radius 2 is 1.67 bits per heavy atom. The van der Waals surface area contributed by atoms with Crippen molar-refractivity contribution in [2.45, 2.75) is 18.5 Å². The van der Waals surface area contributed by atoms with Gasteiger partial charge in [0.1, 0.15) is 11.4 Å². The lowest BCUT2D eigenvalue weighted by Crippen LogP contribution is -2.55. The van der Waals surface area contributed by atoms with Gasteiger partial charge in [-0.3, -0.25) is 24.6 Å². The van der Waals surface area contributed by atoms with Crippen molar-refractivity contribution < 1.29 is 40.9 Å². The zero-order valence-electron chi connectivity index (χ0n) is 27.2. The molecule has 19 heteroatoms. The highest BCUT2D eigenvalue weighted by Crippen LogP contribution is 2.37. The number of hydrogen-bond donors (Lipinski definition) is 2. The minimum absolute atomic E-state index is 0.0944. The van der Waals surface area contributed by atoms with Gasteiger partial charge >= 0.3 is 6.18 Å². The second-order valence-electron chi connectivity index (χ2n) is 12.4. The number of piperazine rings is 1. The van der Waals surface area contributed by atoms with Gasteiger partial charge in [-0.25, -0.2) is 22.8 Å². The maximum atomic E-state index is 15.3. The summed E-state index contributed by atoms with van der Waals surface area (Å²) < 4.78 is 85.5. The molecule has 2 saturated heterocycles. The molecule has 4 aromatic rings. The number of nitrogens with zero attached hydrogens (tertiary/aromatic N) is 7. The summed E-state index contributed by atoms with van der Waals surface area (Å²) in [6, 6.07) is 12.8. The fraction of sp³-hybridized carbons (Fsp3) is 0.333. The van der Waals surface area contributed by atoms with Crippen molar-refractivity contribution in [1.29, 1.82) is 0 Å². The molecule has 13 nitrogen and oxygen atoms in total. The van der Waals surface area contributed by atoms with E-state index < -0.39 is 64.2 Å². The lowest BCUT2D eigenvalue weighted by Gasteiger charge is -2.43. The lowest BCUT2D eigenvalue weighted by atomic mass is 9.91. The minimum atomic E-state index is -4.76. The Kier molecular flexibility index (Phi) is 9.80. The van der Waals surface area contributed by atoms with Crippen molar-refractivity contribution in [3.63, 3.8) is 0 Å². The van der Waals surface area contributed by atoms with Crippen molar-refractivity contribution in [1.82, 2.24) is 19.7 Å². The number of primary amides is 1. The van der Waals surface area contributed by atoms with Crippen molar-refractivity contribution in [3.05, 3.63) is 99.9 Å². The fourth-order valence-corrected chi connectivity index (χ4v) is 6.28. The average molecular weight is 732 g/mol. The molecule has 2 aliphatic heterocycles. The predicted molar refractivity (Wildman–Crippen MR) is 176 cm³/mol. The van der Waals surface area contributed by atoms with Crippen LogP contribution in [0, 0.1) is 21.8 Å². The van der Waals surface area contributed by atoms with E-state index in [4.69, 9.17) is 5.73 Å². The van der Waals surface area contributed by atoms with E-state index in [1.165, 1.54) is 15.8 Å². The Bertz CT molecular complexity index is 1980. The summed E-state index contributed by atoms with van der Waals surface area (Å²) in [7, 11) is 0. The molecular formula is C33H31F6N9O4. The first-order valence-electron chi connectivity index (χ1n) is 16.0. The minimum Gasteiger partial charge on any atom is -0.369 e. The third-order valence-corrected chi connectivity index (χ3v) is 9.03. The van der Waals surface area contributed by atoms with E-state index in [1.807, 2.05) is 4.90 Å². The van der Waals surface area contributed by atoms with Gasteiger partial charge in [-0.1, -0.05) is 6.07 Å². The maximum absolute atomic E-state index is 15.3. The number of amides is 2. The number of piperidine rings is 1. The molecule has 6 rings (SSSR count). The Hall–Kier alpha value is -5.72. The predicted octanol–water partition coefficient (Wildman–Crippen LogP) is 4.97. The third-order valence-electron chi connectivity index (χ3n) is 9.03. The highest BCUT2D eigenvalue weighted by Gasteiger charge is 2.46. The smallest absolute Gasteiger partial charge is 0.369 e. The van der Waals surface area contributed by atoms with Gasteiger partial charge in [-0.05, 0) is 48.9 Å². The summed E-state index contributed by atoms with van der Waals surface area (Å²) in [5.74, 6) is -6.98. The molecule has 0 saturated carbocycles. The molecule has 2 fully saturated rings. The van der Waals surface area contributed by atoms with Crippen LogP contribution in [0.5, 0.6) is 0 Å². The van der Waals surface area contributed by atoms with Gasteiger partial charge in [-0.2, -0.15) is 18.3 Å². The van der Waals surface area contributed by atoms with Gasteiger partial charge in [0.2, 0.25) is 0 Å². The monoisotopic (exact) mass is 731 g/mol. The van der Waals surface area contributed by atoms with Crippen LogP contribution in [0.4, 0.5) is 49.1 Å². The fourth-order valence-electron chi connectivity index (χ4n) is 6.28. The second-order valence-corrected chi connectivity index (χ2v) is 12.4. The number of nitro benzene ring substituents is 1. The number of nitro groups is 1. The Labute approximate surface area is 291 Å².